The van der Waals surface area contributed by atoms with Gasteiger partial charge in [-0.1, -0.05) is 25.0 Å². The summed E-state index contributed by atoms with van der Waals surface area (Å²) in [5.41, 5.74) is 1.43. The van der Waals surface area contributed by atoms with E-state index in [1.165, 1.54) is 31.2 Å². The molecule has 0 aromatic heterocycles. The largest absolute Gasteiger partial charge is 0.314 e. The van der Waals surface area contributed by atoms with Gasteiger partial charge in [-0.3, -0.25) is 15.0 Å². The van der Waals surface area contributed by atoms with Gasteiger partial charge in [-0.15, -0.1) is 0 Å². The Bertz CT molecular complexity index is 477. The molecule has 2 fully saturated rings. The Hall–Kier alpha value is -1.46. The van der Waals surface area contributed by atoms with E-state index < -0.39 is 0 Å². The summed E-state index contributed by atoms with van der Waals surface area (Å²) in [4.78, 5) is 13.1. The highest BCUT2D eigenvalue weighted by atomic mass is 16.6. The Labute approximate surface area is 125 Å². The number of non-ortho nitro benzene ring substituents is 1. The van der Waals surface area contributed by atoms with Crippen LogP contribution in [0.4, 0.5) is 5.69 Å². The summed E-state index contributed by atoms with van der Waals surface area (Å²) in [6.45, 7) is 4.21. The van der Waals surface area contributed by atoms with Crippen molar-refractivity contribution in [2.24, 2.45) is 5.92 Å². The van der Waals surface area contributed by atoms with E-state index >= 15 is 0 Å². The van der Waals surface area contributed by atoms with Crippen molar-refractivity contribution in [1.29, 1.82) is 0 Å². The molecule has 0 spiro atoms. The number of hydrogen-bond acceptors (Lipinski definition) is 4. The standard InChI is InChI=1S/C16H23N3O2/c20-19(21)15-7-5-14(6-8-15)16(13-3-1-2-4-13)18-11-9-17-10-12-18/h5-8,13,16-17H,1-4,9-12H2/t16-/m0/s1. The average Bonchev–Trinajstić information content (AvgIpc) is 3.03. The van der Waals surface area contributed by atoms with Crippen LogP contribution >= 0.6 is 0 Å². The minimum absolute atomic E-state index is 0.184. The number of nitro benzene ring substituents is 1. The molecule has 1 heterocycles. The molecule has 1 aromatic rings. The summed E-state index contributed by atoms with van der Waals surface area (Å²) < 4.78 is 0. The highest BCUT2D eigenvalue weighted by molar-refractivity contribution is 5.34. The lowest BCUT2D eigenvalue weighted by Crippen LogP contribution is -2.46. The predicted octanol–water partition coefficient (Wildman–Crippen LogP) is 2.73. The van der Waals surface area contributed by atoms with Crippen molar-refractivity contribution in [2.75, 3.05) is 26.2 Å². The maximum absolute atomic E-state index is 10.8. The van der Waals surface area contributed by atoms with Crippen molar-refractivity contribution in [3.8, 4) is 0 Å². The van der Waals surface area contributed by atoms with Crippen LogP contribution in [-0.4, -0.2) is 36.0 Å². The van der Waals surface area contributed by atoms with Crippen molar-refractivity contribution >= 4 is 5.69 Å². The normalized spacial score (nSPS) is 22.3. The number of piperazine rings is 1. The summed E-state index contributed by atoms with van der Waals surface area (Å²) in [5.74, 6) is 0.699. The molecule has 1 saturated carbocycles. The number of nitrogens with zero attached hydrogens (tertiary/aromatic N) is 2. The van der Waals surface area contributed by atoms with Gasteiger partial charge in [0.05, 0.1) is 4.92 Å². The molecule has 1 N–H and O–H groups in total. The molecule has 1 aromatic carbocycles. The fraction of sp³-hybridized carbons (Fsp3) is 0.625. The van der Waals surface area contributed by atoms with Gasteiger partial charge in [-0.25, -0.2) is 0 Å². The maximum Gasteiger partial charge on any atom is 0.269 e. The molecule has 3 rings (SSSR count). The van der Waals surface area contributed by atoms with Crippen molar-refractivity contribution in [3.63, 3.8) is 0 Å². The van der Waals surface area contributed by atoms with E-state index in [4.69, 9.17) is 0 Å². The molecule has 1 saturated heterocycles. The summed E-state index contributed by atoms with van der Waals surface area (Å²) in [5, 5.41) is 14.2. The first-order valence-corrected chi connectivity index (χ1v) is 7.95. The summed E-state index contributed by atoms with van der Waals surface area (Å²) in [7, 11) is 0. The molecule has 0 amide bonds. The average molecular weight is 289 g/mol. The van der Waals surface area contributed by atoms with E-state index in [0.29, 0.717) is 12.0 Å². The predicted molar refractivity (Wildman–Crippen MR) is 82.2 cm³/mol. The minimum atomic E-state index is -0.320. The summed E-state index contributed by atoms with van der Waals surface area (Å²) in [6, 6.07) is 7.65. The molecular weight excluding hydrogens is 266 g/mol. The van der Waals surface area contributed by atoms with Crippen molar-refractivity contribution in [1.82, 2.24) is 10.2 Å². The number of rotatable bonds is 4. The monoisotopic (exact) mass is 289 g/mol. The molecule has 21 heavy (non-hydrogen) atoms. The topological polar surface area (TPSA) is 58.4 Å². The van der Waals surface area contributed by atoms with E-state index in [1.807, 2.05) is 12.1 Å². The number of benzene rings is 1. The number of nitro groups is 1. The van der Waals surface area contributed by atoms with Crippen molar-refractivity contribution in [2.45, 2.75) is 31.7 Å². The lowest BCUT2D eigenvalue weighted by atomic mass is 9.89. The van der Waals surface area contributed by atoms with Gasteiger partial charge in [0.1, 0.15) is 0 Å². The summed E-state index contributed by atoms with van der Waals surface area (Å²) in [6.07, 6.45) is 5.21. The minimum Gasteiger partial charge on any atom is -0.314 e. The molecule has 114 valence electrons. The van der Waals surface area contributed by atoms with Crippen molar-refractivity contribution < 1.29 is 4.92 Å². The van der Waals surface area contributed by atoms with Crippen LogP contribution in [0.3, 0.4) is 0 Å². The van der Waals surface area contributed by atoms with Gasteiger partial charge in [-0.05, 0) is 24.3 Å². The van der Waals surface area contributed by atoms with E-state index in [9.17, 15) is 10.1 Å². The molecule has 1 atom stereocenters. The van der Waals surface area contributed by atoms with Gasteiger partial charge in [0, 0.05) is 44.4 Å². The third-order valence-electron chi connectivity index (χ3n) is 4.84. The van der Waals surface area contributed by atoms with Crippen molar-refractivity contribution in [3.05, 3.63) is 39.9 Å². The van der Waals surface area contributed by atoms with Gasteiger partial charge in [0.25, 0.3) is 5.69 Å². The number of nitrogens with one attached hydrogen (secondary N) is 1. The molecule has 0 unspecified atom stereocenters. The van der Waals surface area contributed by atoms with Crippen LogP contribution < -0.4 is 5.32 Å². The molecule has 1 aliphatic heterocycles. The van der Waals surface area contributed by atoms with Gasteiger partial charge in [0.15, 0.2) is 0 Å². The molecule has 2 aliphatic rings. The van der Waals surface area contributed by atoms with Crippen LogP contribution in [0.2, 0.25) is 0 Å². The van der Waals surface area contributed by atoms with Crippen LogP contribution in [0.25, 0.3) is 0 Å². The highest BCUT2D eigenvalue weighted by Gasteiger charge is 2.31. The lowest BCUT2D eigenvalue weighted by molar-refractivity contribution is -0.384. The zero-order chi connectivity index (χ0) is 14.7. The van der Waals surface area contributed by atoms with Crippen LogP contribution in [0.15, 0.2) is 24.3 Å². The highest BCUT2D eigenvalue weighted by Crippen LogP contribution is 2.39. The van der Waals surface area contributed by atoms with E-state index in [2.05, 4.69) is 10.2 Å². The molecule has 1 aliphatic carbocycles. The summed E-state index contributed by atoms with van der Waals surface area (Å²) >= 11 is 0. The molecule has 5 heteroatoms. The zero-order valence-electron chi connectivity index (χ0n) is 12.3. The molecule has 0 radical (unpaired) electrons. The second-order valence-corrected chi connectivity index (χ2v) is 6.12. The Balaban J connectivity index is 1.84. The fourth-order valence-corrected chi connectivity index (χ4v) is 3.81. The number of hydrogen-bond donors (Lipinski definition) is 1. The Morgan fingerprint density at radius 1 is 1.14 bits per heavy atom. The quantitative estimate of drug-likeness (QED) is 0.684. The van der Waals surface area contributed by atoms with Gasteiger partial charge in [0.2, 0.25) is 0 Å². The second kappa shape index (κ2) is 6.54. The Morgan fingerprint density at radius 2 is 1.76 bits per heavy atom. The van der Waals surface area contributed by atoms with Gasteiger partial charge >= 0.3 is 0 Å². The first-order valence-electron chi connectivity index (χ1n) is 7.95. The van der Waals surface area contributed by atoms with Gasteiger partial charge in [-0.2, -0.15) is 0 Å². The zero-order valence-corrected chi connectivity index (χ0v) is 12.3. The van der Waals surface area contributed by atoms with Crippen LogP contribution in [0, 0.1) is 16.0 Å². The second-order valence-electron chi connectivity index (χ2n) is 6.12. The lowest BCUT2D eigenvalue weighted by Gasteiger charge is -2.38. The van der Waals surface area contributed by atoms with E-state index in [1.54, 1.807) is 12.1 Å². The smallest absolute Gasteiger partial charge is 0.269 e. The molecule has 5 nitrogen and oxygen atoms in total. The Morgan fingerprint density at radius 3 is 2.33 bits per heavy atom. The van der Waals surface area contributed by atoms with Crippen LogP contribution in [-0.2, 0) is 0 Å². The SMILES string of the molecule is O=[N+]([O-])c1ccc([C@H](C2CCCC2)N2CCNCC2)cc1. The first kappa shape index (κ1) is 14.5. The third kappa shape index (κ3) is 3.24. The first-order chi connectivity index (χ1) is 10.3. The fourth-order valence-electron chi connectivity index (χ4n) is 3.81. The van der Waals surface area contributed by atoms with Crippen LogP contribution in [0.1, 0.15) is 37.3 Å². The molecular formula is C16H23N3O2. The van der Waals surface area contributed by atoms with Gasteiger partial charge < -0.3 is 5.32 Å². The van der Waals surface area contributed by atoms with E-state index in [-0.39, 0.29) is 10.6 Å². The molecule has 0 bridgehead atoms. The Kier molecular flexibility index (Phi) is 4.51. The third-order valence-corrected chi connectivity index (χ3v) is 4.84. The van der Waals surface area contributed by atoms with E-state index in [0.717, 1.165) is 26.2 Å². The maximum atomic E-state index is 10.8. The van der Waals surface area contributed by atoms with Crippen LogP contribution in [0.5, 0.6) is 0 Å².